The summed E-state index contributed by atoms with van der Waals surface area (Å²) in [5, 5.41) is 11.0. The van der Waals surface area contributed by atoms with Crippen molar-refractivity contribution in [2.24, 2.45) is 23.5 Å². The number of nitrogens with zero attached hydrogens (tertiary/aromatic N) is 1. The summed E-state index contributed by atoms with van der Waals surface area (Å²) in [6.45, 7) is 1.56. The van der Waals surface area contributed by atoms with Crippen LogP contribution in [0.25, 0.3) is 0 Å². The molecule has 4 aliphatic rings. The van der Waals surface area contributed by atoms with E-state index in [-0.39, 0.29) is 52.6 Å². The van der Waals surface area contributed by atoms with E-state index in [1.54, 1.807) is 31.2 Å². The zero-order valence-corrected chi connectivity index (χ0v) is 18.5. The fourth-order valence-corrected chi connectivity index (χ4v) is 5.87. The number of ketones is 2. The minimum Gasteiger partial charge on any atom is -0.504 e. The third-order valence-electron chi connectivity index (χ3n) is 7.35. The van der Waals surface area contributed by atoms with Crippen molar-refractivity contribution in [2.75, 3.05) is 7.11 Å². The Morgan fingerprint density at radius 3 is 2.56 bits per heavy atom. The lowest BCUT2D eigenvalue weighted by Gasteiger charge is -2.42. The number of methoxy groups -OCH3 is 1. The minimum atomic E-state index is -1.13. The average Bonchev–Trinajstić information content (AvgIpc) is 3.06. The van der Waals surface area contributed by atoms with E-state index >= 15 is 0 Å². The lowest BCUT2D eigenvalue weighted by atomic mass is 9.59. The number of phenolic OH excluding ortho intramolecular Hbond substituents is 1. The molecule has 4 atom stereocenters. The SMILES string of the molecule is COc1cccc(C2C3=CCC4C(=O)N(C(N)=O)C(=O)C4C3CC3=C2C(=O)C(C)=CC3=O)c1O. The van der Waals surface area contributed by atoms with Gasteiger partial charge in [0.25, 0.3) is 0 Å². The summed E-state index contributed by atoms with van der Waals surface area (Å²) in [6.07, 6.45) is 3.31. The molecule has 0 spiro atoms. The number of carbonyl (C=O) groups excluding carboxylic acids is 5. The molecule has 1 aliphatic heterocycles. The lowest BCUT2D eigenvalue weighted by Crippen LogP contribution is -2.42. The summed E-state index contributed by atoms with van der Waals surface area (Å²) >= 11 is 0. The largest absolute Gasteiger partial charge is 0.504 e. The number of ether oxygens (including phenoxy) is 1. The minimum absolute atomic E-state index is 0.0730. The van der Waals surface area contributed by atoms with Crippen molar-refractivity contribution in [1.82, 2.24) is 4.90 Å². The van der Waals surface area contributed by atoms with Gasteiger partial charge >= 0.3 is 6.03 Å². The number of imide groups is 3. The molecule has 1 saturated heterocycles. The molecule has 34 heavy (non-hydrogen) atoms. The number of fused-ring (bicyclic) bond motifs is 3. The number of amides is 4. The molecule has 3 aliphatic carbocycles. The van der Waals surface area contributed by atoms with E-state index < -0.39 is 41.5 Å². The monoisotopic (exact) mass is 462 g/mol. The van der Waals surface area contributed by atoms with Gasteiger partial charge in [0.05, 0.1) is 18.9 Å². The number of likely N-dealkylation sites (tertiary alicyclic amines) is 1. The molecule has 1 aromatic rings. The van der Waals surface area contributed by atoms with E-state index in [0.29, 0.717) is 16.0 Å². The van der Waals surface area contributed by atoms with Gasteiger partial charge in [0.1, 0.15) is 0 Å². The standard InChI is InChI=1S/C25H22N2O7/c1-10-8-16(28)15-9-14-11(6-7-13-19(14)24(32)27(23(13)31)25(26)33)18(20(15)21(10)29)12-4-3-5-17(34-2)22(12)30/h3-6,8,13-14,18-19,30H,7,9H2,1-2H3,(H2,26,33). The molecule has 0 saturated carbocycles. The van der Waals surface area contributed by atoms with E-state index in [2.05, 4.69) is 0 Å². The summed E-state index contributed by atoms with van der Waals surface area (Å²) in [5.74, 6) is -5.07. The zero-order chi connectivity index (χ0) is 24.5. The summed E-state index contributed by atoms with van der Waals surface area (Å²) in [6, 6.07) is 3.75. The Labute approximate surface area is 194 Å². The van der Waals surface area contributed by atoms with E-state index in [0.717, 1.165) is 0 Å². The van der Waals surface area contributed by atoms with Gasteiger partial charge in [0.15, 0.2) is 23.1 Å². The number of primary amides is 1. The van der Waals surface area contributed by atoms with Crippen molar-refractivity contribution in [3.8, 4) is 11.5 Å². The second-order valence-electron chi connectivity index (χ2n) is 8.98. The van der Waals surface area contributed by atoms with Gasteiger partial charge in [-0.1, -0.05) is 23.8 Å². The molecule has 4 amide bonds. The maximum absolute atomic E-state index is 13.3. The number of para-hydroxylation sites is 1. The van der Waals surface area contributed by atoms with Crippen LogP contribution in [0.15, 0.2) is 52.6 Å². The van der Waals surface area contributed by atoms with Crippen LogP contribution in [0.4, 0.5) is 4.79 Å². The quantitative estimate of drug-likeness (QED) is 0.388. The molecule has 9 heteroatoms. The number of nitrogens with two attached hydrogens (primary N) is 1. The smallest absolute Gasteiger partial charge is 0.328 e. The number of rotatable bonds is 2. The van der Waals surface area contributed by atoms with Crippen molar-refractivity contribution < 1.29 is 33.8 Å². The van der Waals surface area contributed by atoms with E-state index in [4.69, 9.17) is 10.5 Å². The number of carbonyl (C=O) groups is 5. The summed E-state index contributed by atoms with van der Waals surface area (Å²) in [5.41, 5.74) is 7.12. The maximum atomic E-state index is 13.3. The van der Waals surface area contributed by atoms with E-state index in [9.17, 15) is 29.1 Å². The molecule has 0 bridgehead atoms. The molecular formula is C25H22N2O7. The first-order valence-corrected chi connectivity index (χ1v) is 10.9. The fraction of sp³-hybridized carbons (Fsp3) is 0.320. The van der Waals surface area contributed by atoms with E-state index in [1.807, 2.05) is 0 Å². The van der Waals surface area contributed by atoms with Gasteiger partial charge in [0.2, 0.25) is 11.8 Å². The van der Waals surface area contributed by atoms with Crippen LogP contribution in [0, 0.1) is 17.8 Å². The molecule has 3 N–H and O–H groups in total. The van der Waals surface area contributed by atoms with Crippen LogP contribution >= 0.6 is 0 Å². The van der Waals surface area contributed by atoms with Crippen LogP contribution in [-0.4, -0.2) is 46.5 Å². The Morgan fingerprint density at radius 2 is 1.88 bits per heavy atom. The molecule has 5 rings (SSSR count). The zero-order valence-electron chi connectivity index (χ0n) is 18.5. The second kappa shape index (κ2) is 7.51. The summed E-state index contributed by atoms with van der Waals surface area (Å²) in [7, 11) is 1.40. The molecule has 1 heterocycles. The van der Waals surface area contributed by atoms with Crippen LogP contribution in [0.5, 0.6) is 11.5 Å². The molecule has 4 unspecified atom stereocenters. The van der Waals surface area contributed by atoms with Crippen molar-refractivity contribution in [3.63, 3.8) is 0 Å². The van der Waals surface area contributed by atoms with Crippen molar-refractivity contribution >= 4 is 29.4 Å². The predicted molar refractivity (Wildman–Crippen MR) is 117 cm³/mol. The predicted octanol–water partition coefficient (Wildman–Crippen LogP) is 1.91. The molecule has 0 radical (unpaired) electrons. The van der Waals surface area contributed by atoms with Crippen LogP contribution in [0.3, 0.4) is 0 Å². The Balaban J connectivity index is 1.73. The first-order valence-electron chi connectivity index (χ1n) is 10.9. The van der Waals surface area contributed by atoms with Crippen molar-refractivity contribution in [3.05, 3.63) is 58.2 Å². The second-order valence-corrected chi connectivity index (χ2v) is 8.98. The fourth-order valence-electron chi connectivity index (χ4n) is 5.87. The van der Waals surface area contributed by atoms with Gasteiger partial charge in [-0.2, -0.15) is 4.90 Å². The maximum Gasteiger partial charge on any atom is 0.328 e. The number of urea groups is 1. The highest BCUT2D eigenvalue weighted by Crippen LogP contribution is 2.56. The normalized spacial score (nSPS) is 28.2. The van der Waals surface area contributed by atoms with Gasteiger partial charge in [-0.05, 0) is 37.8 Å². The number of hydrogen-bond donors (Lipinski definition) is 2. The highest BCUT2D eigenvalue weighted by Gasteiger charge is 2.57. The van der Waals surface area contributed by atoms with Gasteiger partial charge < -0.3 is 15.6 Å². The first kappa shape index (κ1) is 21.8. The highest BCUT2D eigenvalue weighted by atomic mass is 16.5. The summed E-state index contributed by atoms with van der Waals surface area (Å²) in [4.78, 5) is 64.5. The Hall–Kier alpha value is -4.01. The number of phenols is 1. The van der Waals surface area contributed by atoms with Crippen molar-refractivity contribution in [1.29, 1.82) is 0 Å². The molecule has 174 valence electrons. The third-order valence-corrected chi connectivity index (χ3v) is 7.35. The highest BCUT2D eigenvalue weighted by molar-refractivity contribution is 6.24. The van der Waals surface area contributed by atoms with Gasteiger partial charge in [-0.25, -0.2) is 4.79 Å². The Morgan fingerprint density at radius 1 is 1.15 bits per heavy atom. The van der Waals surface area contributed by atoms with Gasteiger partial charge in [-0.3, -0.25) is 19.2 Å². The number of aromatic hydroxyl groups is 1. The first-order chi connectivity index (χ1) is 16.2. The Bertz CT molecular complexity index is 1300. The number of allylic oxidation sites excluding steroid dienone is 6. The van der Waals surface area contributed by atoms with Crippen LogP contribution in [0.1, 0.15) is 31.2 Å². The van der Waals surface area contributed by atoms with Crippen LogP contribution in [-0.2, 0) is 19.2 Å². The molecule has 1 aromatic carbocycles. The molecule has 9 nitrogen and oxygen atoms in total. The van der Waals surface area contributed by atoms with Crippen molar-refractivity contribution in [2.45, 2.75) is 25.7 Å². The van der Waals surface area contributed by atoms with Crippen LogP contribution in [0.2, 0.25) is 0 Å². The van der Waals surface area contributed by atoms with Gasteiger partial charge in [-0.15, -0.1) is 0 Å². The third kappa shape index (κ3) is 2.82. The molecular weight excluding hydrogens is 440 g/mol. The lowest BCUT2D eigenvalue weighted by molar-refractivity contribution is -0.136. The van der Waals surface area contributed by atoms with Crippen LogP contribution < -0.4 is 10.5 Å². The number of Topliss-reactive ketones (excluding diaryl/α,β-unsaturated/α-hetero) is 1. The van der Waals surface area contributed by atoms with Gasteiger partial charge in [0, 0.05) is 28.2 Å². The molecule has 1 fully saturated rings. The number of hydrogen-bond acceptors (Lipinski definition) is 7. The average molecular weight is 462 g/mol. The topological polar surface area (TPSA) is 144 Å². The Kier molecular flexibility index (Phi) is 4.82. The number of benzene rings is 1. The summed E-state index contributed by atoms with van der Waals surface area (Å²) < 4.78 is 5.25. The molecule has 0 aromatic heterocycles. The van der Waals surface area contributed by atoms with E-state index in [1.165, 1.54) is 13.2 Å².